The van der Waals surface area contributed by atoms with Crippen molar-refractivity contribution in [2.45, 2.75) is 31.2 Å². The zero-order chi connectivity index (χ0) is 15.4. The maximum absolute atomic E-state index is 12.3. The summed E-state index contributed by atoms with van der Waals surface area (Å²) in [6.45, 7) is 0. The van der Waals surface area contributed by atoms with Gasteiger partial charge in [0.1, 0.15) is 0 Å². The van der Waals surface area contributed by atoms with E-state index < -0.39 is 5.54 Å². The number of amides is 1. The maximum Gasteiger partial charge on any atom is 0.244 e. The Morgan fingerprint density at radius 3 is 2.27 bits per heavy atom. The van der Waals surface area contributed by atoms with Crippen LogP contribution in [0.25, 0.3) is 0 Å². The van der Waals surface area contributed by atoms with Crippen LogP contribution in [-0.2, 0) is 4.79 Å². The molecule has 4 nitrogen and oxygen atoms in total. The van der Waals surface area contributed by atoms with Crippen molar-refractivity contribution in [3.63, 3.8) is 0 Å². The molecule has 0 unspecified atom stereocenters. The topological polar surface area (TPSA) is 67.2 Å². The molecule has 0 atom stereocenters. The summed E-state index contributed by atoms with van der Waals surface area (Å²) < 4.78 is 0. The lowest BCUT2D eigenvalue weighted by Crippen LogP contribution is -2.48. The Morgan fingerprint density at radius 1 is 0.909 bits per heavy atom. The fourth-order valence-corrected chi connectivity index (χ4v) is 2.85. The summed E-state index contributed by atoms with van der Waals surface area (Å²) in [5.41, 5.74) is 8.19. The average Bonchev–Trinajstić information content (AvgIpc) is 2.97. The molecule has 0 aliphatic heterocycles. The van der Waals surface area contributed by atoms with Crippen LogP contribution in [0.3, 0.4) is 0 Å². The summed E-state index contributed by atoms with van der Waals surface area (Å²) >= 11 is 0. The molecule has 0 heterocycles. The highest BCUT2D eigenvalue weighted by molar-refractivity contribution is 5.98. The lowest BCUT2D eigenvalue weighted by Gasteiger charge is -2.22. The van der Waals surface area contributed by atoms with Crippen LogP contribution in [0.1, 0.15) is 25.7 Å². The molecule has 4 heteroatoms. The molecule has 0 aromatic heterocycles. The highest BCUT2D eigenvalue weighted by atomic mass is 16.2. The van der Waals surface area contributed by atoms with Gasteiger partial charge in [0.2, 0.25) is 5.91 Å². The second-order valence-corrected chi connectivity index (χ2v) is 5.89. The predicted octanol–water partition coefficient (Wildman–Crippen LogP) is 3.64. The normalized spacial score (nSPS) is 16.2. The van der Waals surface area contributed by atoms with E-state index in [0.717, 1.165) is 42.7 Å². The molecule has 114 valence electrons. The maximum atomic E-state index is 12.3. The SMILES string of the molecule is NC1(C(=O)Nc2cccc(Nc3ccccc3)c2)CCCC1. The Kier molecular flexibility index (Phi) is 4.11. The van der Waals surface area contributed by atoms with Gasteiger partial charge in [0.05, 0.1) is 5.54 Å². The lowest BCUT2D eigenvalue weighted by molar-refractivity contribution is -0.121. The monoisotopic (exact) mass is 295 g/mol. The molecule has 0 saturated heterocycles. The number of nitrogens with two attached hydrogens (primary N) is 1. The number of hydrogen-bond donors (Lipinski definition) is 3. The average molecular weight is 295 g/mol. The second kappa shape index (κ2) is 6.20. The van der Waals surface area contributed by atoms with Gasteiger partial charge in [-0.2, -0.15) is 0 Å². The first-order valence-electron chi connectivity index (χ1n) is 7.68. The minimum atomic E-state index is -0.705. The summed E-state index contributed by atoms with van der Waals surface area (Å²) in [5.74, 6) is -0.0816. The summed E-state index contributed by atoms with van der Waals surface area (Å²) in [7, 11) is 0. The van der Waals surface area contributed by atoms with Gasteiger partial charge in [-0.05, 0) is 43.2 Å². The minimum Gasteiger partial charge on any atom is -0.355 e. The standard InChI is InChI=1S/C18H21N3O/c19-18(11-4-5-12-18)17(22)21-16-10-6-9-15(13-16)20-14-7-2-1-3-8-14/h1-3,6-10,13,20H,4-5,11-12,19H2,(H,21,22). The minimum absolute atomic E-state index is 0.0816. The molecule has 1 aliphatic carbocycles. The third kappa shape index (κ3) is 3.28. The van der Waals surface area contributed by atoms with Crippen molar-refractivity contribution in [3.8, 4) is 0 Å². The van der Waals surface area contributed by atoms with Crippen molar-refractivity contribution in [2.24, 2.45) is 5.73 Å². The molecular weight excluding hydrogens is 274 g/mol. The molecule has 3 rings (SSSR count). The lowest BCUT2D eigenvalue weighted by atomic mass is 9.98. The number of carbonyl (C=O) groups is 1. The summed E-state index contributed by atoms with van der Waals surface area (Å²) in [4.78, 5) is 12.3. The highest BCUT2D eigenvalue weighted by Gasteiger charge is 2.36. The molecule has 0 bridgehead atoms. The van der Waals surface area contributed by atoms with Gasteiger partial charge < -0.3 is 16.4 Å². The van der Waals surface area contributed by atoms with Crippen LogP contribution in [0.4, 0.5) is 17.1 Å². The van der Waals surface area contributed by atoms with Crippen LogP contribution in [0, 0.1) is 0 Å². The number of anilines is 3. The van der Waals surface area contributed by atoms with Crippen LogP contribution < -0.4 is 16.4 Å². The van der Waals surface area contributed by atoms with E-state index in [9.17, 15) is 4.79 Å². The van der Waals surface area contributed by atoms with Gasteiger partial charge in [-0.25, -0.2) is 0 Å². The van der Waals surface area contributed by atoms with E-state index in [1.54, 1.807) is 0 Å². The van der Waals surface area contributed by atoms with Crippen LogP contribution in [-0.4, -0.2) is 11.4 Å². The van der Waals surface area contributed by atoms with Crippen molar-refractivity contribution in [1.29, 1.82) is 0 Å². The molecule has 22 heavy (non-hydrogen) atoms. The number of nitrogens with one attached hydrogen (secondary N) is 2. The van der Waals surface area contributed by atoms with Gasteiger partial charge in [0.25, 0.3) is 0 Å². The Bertz CT molecular complexity index is 648. The third-order valence-corrected chi connectivity index (χ3v) is 4.13. The second-order valence-electron chi connectivity index (χ2n) is 5.89. The van der Waals surface area contributed by atoms with Crippen molar-refractivity contribution in [2.75, 3.05) is 10.6 Å². The van der Waals surface area contributed by atoms with Gasteiger partial charge in [0.15, 0.2) is 0 Å². The number of benzene rings is 2. The first kappa shape index (κ1) is 14.6. The van der Waals surface area contributed by atoms with Gasteiger partial charge in [0, 0.05) is 17.1 Å². The van der Waals surface area contributed by atoms with Gasteiger partial charge >= 0.3 is 0 Å². The van der Waals surface area contributed by atoms with Crippen LogP contribution in [0.15, 0.2) is 54.6 Å². The van der Waals surface area contributed by atoms with Gasteiger partial charge in [-0.1, -0.05) is 37.1 Å². The van der Waals surface area contributed by atoms with Gasteiger partial charge in [-0.3, -0.25) is 4.79 Å². The first-order valence-corrected chi connectivity index (χ1v) is 7.68. The van der Waals surface area contributed by atoms with E-state index in [1.807, 2.05) is 54.6 Å². The molecule has 1 saturated carbocycles. The number of para-hydroxylation sites is 1. The molecule has 0 radical (unpaired) electrons. The molecule has 2 aromatic carbocycles. The van der Waals surface area contributed by atoms with E-state index in [4.69, 9.17) is 5.73 Å². The smallest absolute Gasteiger partial charge is 0.244 e. The van der Waals surface area contributed by atoms with Crippen molar-refractivity contribution < 1.29 is 4.79 Å². The Labute approximate surface area is 130 Å². The highest BCUT2D eigenvalue weighted by Crippen LogP contribution is 2.29. The number of hydrogen-bond acceptors (Lipinski definition) is 3. The Morgan fingerprint density at radius 2 is 1.55 bits per heavy atom. The van der Waals surface area contributed by atoms with Crippen molar-refractivity contribution >= 4 is 23.0 Å². The molecule has 1 aliphatic rings. The Hall–Kier alpha value is -2.33. The summed E-state index contributed by atoms with van der Waals surface area (Å²) in [5, 5.41) is 6.26. The molecule has 4 N–H and O–H groups in total. The largest absolute Gasteiger partial charge is 0.355 e. The number of carbonyl (C=O) groups excluding carboxylic acids is 1. The fourth-order valence-electron chi connectivity index (χ4n) is 2.85. The van der Waals surface area contributed by atoms with E-state index in [-0.39, 0.29) is 5.91 Å². The summed E-state index contributed by atoms with van der Waals surface area (Å²) in [6.07, 6.45) is 3.58. The predicted molar refractivity (Wildman–Crippen MR) is 90.2 cm³/mol. The molecule has 1 amide bonds. The third-order valence-electron chi connectivity index (χ3n) is 4.13. The molecule has 0 spiro atoms. The molecule has 1 fully saturated rings. The fraction of sp³-hybridized carbons (Fsp3) is 0.278. The van der Waals surface area contributed by atoms with Crippen LogP contribution >= 0.6 is 0 Å². The number of rotatable bonds is 4. The van der Waals surface area contributed by atoms with E-state index in [0.29, 0.717) is 0 Å². The van der Waals surface area contributed by atoms with Crippen molar-refractivity contribution in [1.82, 2.24) is 0 Å². The van der Waals surface area contributed by atoms with Crippen molar-refractivity contribution in [3.05, 3.63) is 54.6 Å². The van der Waals surface area contributed by atoms with E-state index in [2.05, 4.69) is 10.6 Å². The first-order chi connectivity index (χ1) is 10.7. The van der Waals surface area contributed by atoms with E-state index >= 15 is 0 Å². The van der Waals surface area contributed by atoms with Crippen LogP contribution in [0.5, 0.6) is 0 Å². The molecule has 2 aromatic rings. The zero-order valence-electron chi connectivity index (χ0n) is 12.5. The molecular formula is C18H21N3O. The quantitative estimate of drug-likeness (QED) is 0.806. The summed E-state index contributed by atoms with van der Waals surface area (Å²) in [6, 6.07) is 17.6. The van der Waals surface area contributed by atoms with Gasteiger partial charge in [-0.15, -0.1) is 0 Å². The zero-order valence-corrected chi connectivity index (χ0v) is 12.5. The Balaban J connectivity index is 1.70. The van der Waals surface area contributed by atoms with Crippen LogP contribution in [0.2, 0.25) is 0 Å². The van der Waals surface area contributed by atoms with E-state index in [1.165, 1.54) is 0 Å².